The molecule has 1 N–H and O–H groups in total. The molecule has 2 aromatic carbocycles. The minimum absolute atomic E-state index is 0.0522. The first-order valence-corrected chi connectivity index (χ1v) is 11.9. The summed E-state index contributed by atoms with van der Waals surface area (Å²) in [5.74, 6) is -0.570. The summed E-state index contributed by atoms with van der Waals surface area (Å²) in [5, 5.41) is 21.8. The molecule has 12 heteroatoms. The van der Waals surface area contributed by atoms with Gasteiger partial charge in [0.15, 0.2) is 15.0 Å². The monoisotopic (exact) mass is 473 g/mol. The van der Waals surface area contributed by atoms with Crippen LogP contribution in [0.5, 0.6) is 0 Å². The topological polar surface area (TPSA) is 137 Å². The van der Waals surface area contributed by atoms with Gasteiger partial charge in [-0.05, 0) is 18.2 Å². The van der Waals surface area contributed by atoms with Crippen LogP contribution in [0.3, 0.4) is 0 Å². The third kappa shape index (κ3) is 5.80. The Labute approximate surface area is 188 Å². The molecule has 0 bridgehead atoms. The fourth-order valence-corrected chi connectivity index (χ4v) is 4.81. The maximum Gasteiger partial charge on any atom is 0.271 e. The van der Waals surface area contributed by atoms with E-state index in [9.17, 15) is 23.3 Å². The molecule has 0 saturated carbocycles. The third-order valence-corrected chi connectivity index (χ3v) is 6.80. The number of non-ortho nitro benzene ring substituents is 1. The predicted octanol–water partition coefficient (Wildman–Crippen LogP) is 3.08. The number of rotatable bonds is 10. The van der Waals surface area contributed by atoms with Gasteiger partial charge in [0, 0.05) is 24.4 Å². The van der Waals surface area contributed by atoms with Crippen molar-refractivity contribution in [3.63, 3.8) is 0 Å². The number of nitro benzene ring substituents is 1. The van der Waals surface area contributed by atoms with Gasteiger partial charge in [-0.15, -0.1) is 16.8 Å². The zero-order valence-corrected chi connectivity index (χ0v) is 18.4. The Morgan fingerprint density at radius 3 is 2.62 bits per heavy atom. The lowest BCUT2D eigenvalue weighted by Crippen LogP contribution is -2.15. The van der Waals surface area contributed by atoms with E-state index in [1.165, 1.54) is 30.3 Å². The molecule has 3 rings (SSSR count). The number of nitrogens with one attached hydrogen (secondary N) is 1. The average Bonchev–Trinajstić information content (AvgIpc) is 3.14. The second-order valence-corrected chi connectivity index (χ2v) is 9.45. The SMILES string of the molecule is C=CCn1c(CS(=O)(=O)c2ccccc2)nnc1SCC(=O)Nc1cccc([N+](=O)[O-])c1. The average molecular weight is 474 g/mol. The lowest BCUT2D eigenvalue weighted by atomic mass is 10.3. The second-order valence-electron chi connectivity index (χ2n) is 6.51. The zero-order chi connectivity index (χ0) is 23.1. The number of benzene rings is 2. The number of carbonyl (C=O) groups excluding carboxylic acids is 1. The Hall–Kier alpha value is -3.51. The predicted molar refractivity (Wildman–Crippen MR) is 120 cm³/mol. The standard InChI is InChI=1S/C20H19N5O5S2/c1-2-11-24-18(14-32(29,30)17-9-4-3-5-10-17)22-23-20(24)31-13-19(26)21-15-7-6-8-16(12-15)25(27)28/h2-10,12H,1,11,13-14H2,(H,21,26). The smallest absolute Gasteiger partial charge is 0.271 e. The second kappa shape index (κ2) is 10.2. The fourth-order valence-electron chi connectivity index (χ4n) is 2.75. The van der Waals surface area contributed by atoms with Crippen LogP contribution >= 0.6 is 11.8 Å². The van der Waals surface area contributed by atoms with Gasteiger partial charge in [0.05, 0.1) is 15.6 Å². The third-order valence-electron chi connectivity index (χ3n) is 4.20. The van der Waals surface area contributed by atoms with Crippen LogP contribution in [-0.2, 0) is 26.9 Å². The maximum atomic E-state index is 12.7. The minimum Gasteiger partial charge on any atom is -0.325 e. The summed E-state index contributed by atoms with van der Waals surface area (Å²) < 4.78 is 27.0. The van der Waals surface area contributed by atoms with Crippen LogP contribution in [0.2, 0.25) is 0 Å². The number of hydrogen-bond acceptors (Lipinski definition) is 8. The van der Waals surface area contributed by atoms with Gasteiger partial charge in [0.25, 0.3) is 5.69 Å². The molecule has 0 fully saturated rings. The van der Waals surface area contributed by atoms with Crippen LogP contribution in [-0.4, -0.2) is 39.8 Å². The van der Waals surface area contributed by atoms with E-state index < -0.39 is 20.7 Å². The summed E-state index contributed by atoms with van der Waals surface area (Å²) in [6.45, 7) is 3.94. The summed E-state index contributed by atoms with van der Waals surface area (Å²) in [4.78, 5) is 22.8. The lowest BCUT2D eigenvalue weighted by molar-refractivity contribution is -0.384. The molecule has 1 amide bonds. The van der Waals surface area contributed by atoms with E-state index in [0.29, 0.717) is 10.8 Å². The van der Waals surface area contributed by atoms with Gasteiger partial charge in [-0.3, -0.25) is 14.9 Å². The molecule has 0 aliphatic rings. The number of aromatic nitrogens is 3. The maximum absolute atomic E-state index is 12.7. The fraction of sp³-hybridized carbons (Fsp3) is 0.150. The highest BCUT2D eigenvalue weighted by atomic mass is 32.2. The van der Waals surface area contributed by atoms with Crippen LogP contribution in [0, 0.1) is 10.1 Å². The molecule has 0 aliphatic heterocycles. The molecule has 0 unspecified atom stereocenters. The summed E-state index contributed by atoms with van der Waals surface area (Å²) in [6.07, 6.45) is 1.58. The first kappa shape index (κ1) is 23.2. The molecular formula is C20H19N5O5S2. The number of anilines is 1. The largest absolute Gasteiger partial charge is 0.325 e. The van der Waals surface area contributed by atoms with E-state index in [4.69, 9.17) is 0 Å². The summed E-state index contributed by atoms with van der Waals surface area (Å²) in [6, 6.07) is 13.6. The van der Waals surface area contributed by atoms with Crippen LogP contribution in [0.1, 0.15) is 5.82 Å². The van der Waals surface area contributed by atoms with E-state index in [-0.39, 0.29) is 34.5 Å². The minimum atomic E-state index is -3.63. The molecule has 1 aromatic heterocycles. The first-order chi connectivity index (χ1) is 15.3. The van der Waals surface area contributed by atoms with Gasteiger partial charge < -0.3 is 9.88 Å². The van der Waals surface area contributed by atoms with Crippen molar-refractivity contribution >= 4 is 38.9 Å². The molecule has 0 atom stereocenters. The molecule has 1 heterocycles. The molecule has 32 heavy (non-hydrogen) atoms. The number of hydrogen-bond donors (Lipinski definition) is 1. The highest BCUT2D eigenvalue weighted by molar-refractivity contribution is 7.99. The molecule has 166 valence electrons. The highest BCUT2D eigenvalue weighted by Crippen LogP contribution is 2.22. The van der Waals surface area contributed by atoms with Gasteiger partial charge in [-0.2, -0.15) is 0 Å². The Morgan fingerprint density at radius 2 is 1.94 bits per heavy atom. The van der Waals surface area contributed by atoms with Crippen LogP contribution in [0.15, 0.2) is 77.3 Å². The first-order valence-electron chi connectivity index (χ1n) is 9.28. The normalized spacial score (nSPS) is 11.1. The van der Waals surface area contributed by atoms with Crippen molar-refractivity contribution in [2.24, 2.45) is 0 Å². The number of allylic oxidation sites excluding steroid dienone is 1. The summed E-state index contributed by atoms with van der Waals surface area (Å²) in [7, 11) is -3.63. The molecule has 0 saturated heterocycles. The number of sulfone groups is 1. The number of nitrogens with zero attached hydrogens (tertiary/aromatic N) is 4. The van der Waals surface area contributed by atoms with E-state index in [0.717, 1.165) is 11.8 Å². The van der Waals surface area contributed by atoms with Crippen molar-refractivity contribution in [2.75, 3.05) is 11.1 Å². The van der Waals surface area contributed by atoms with Gasteiger partial charge >= 0.3 is 0 Å². The van der Waals surface area contributed by atoms with E-state index >= 15 is 0 Å². The van der Waals surface area contributed by atoms with Crippen molar-refractivity contribution in [2.45, 2.75) is 22.3 Å². The molecule has 0 aliphatic carbocycles. The van der Waals surface area contributed by atoms with E-state index in [2.05, 4.69) is 22.1 Å². The van der Waals surface area contributed by atoms with Crippen molar-refractivity contribution < 1.29 is 18.1 Å². The molecule has 0 spiro atoms. The van der Waals surface area contributed by atoms with Gasteiger partial charge in [0.2, 0.25) is 5.91 Å². The van der Waals surface area contributed by atoms with Gasteiger partial charge in [-0.25, -0.2) is 8.42 Å². The van der Waals surface area contributed by atoms with Gasteiger partial charge in [-0.1, -0.05) is 42.1 Å². The summed E-state index contributed by atoms with van der Waals surface area (Å²) in [5.41, 5.74) is 0.164. The van der Waals surface area contributed by atoms with E-state index in [1.54, 1.807) is 34.9 Å². The summed E-state index contributed by atoms with van der Waals surface area (Å²) >= 11 is 1.07. The van der Waals surface area contributed by atoms with Crippen LogP contribution < -0.4 is 5.32 Å². The molecule has 0 radical (unpaired) electrons. The van der Waals surface area contributed by atoms with E-state index in [1.807, 2.05) is 0 Å². The van der Waals surface area contributed by atoms with Crippen molar-refractivity contribution in [3.05, 3.63) is 83.2 Å². The Kier molecular flexibility index (Phi) is 7.38. The van der Waals surface area contributed by atoms with Crippen LogP contribution in [0.25, 0.3) is 0 Å². The number of carbonyl (C=O) groups is 1. The van der Waals surface area contributed by atoms with Crippen molar-refractivity contribution in [3.8, 4) is 0 Å². The lowest BCUT2D eigenvalue weighted by Gasteiger charge is -2.09. The van der Waals surface area contributed by atoms with Crippen molar-refractivity contribution in [1.29, 1.82) is 0 Å². The highest BCUT2D eigenvalue weighted by Gasteiger charge is 2.21. The number of thioether (sulfide) groups is 1. The molecule has 10 nitrogen and oxygen atoms in total. The Balaban J connectivity index is 1.70. The number of amides is 1. The Morgan fingerprint density at radius 1 is 1.19 bits per heavy atom. The van der Waals surface area contributed by atoms with Gasteiger partial charge in [0.1, 0.15) is 11.6 Å². The Bertz CT molecular complexity index is 1240. The molecule has 3 aromatic rings. The number of nitro groups is 1. The van der Waals surface area contributed by atoms with Crippen molar-refractivity contribution in [1.82, 2.24) is 14.8 Å². The van der Waals surface area contributed by atoms with Crippen LogP contribution in [0.4, 0.5) is 11.4 Å². The molecular weight excluding hydrogens is 454 g/mol. The quantitative estimate of drug-likeness (QED) is 0.205. The zero-order valence-electron chi connectivity index (χ0n) is 16.7.